The van der Waals surface area contributed by atoms with E-state index in [9.17, 15) is 18.0 Å². The Bertz CT molecular complexity index is 1110. The Balaban J connectivity index is 2.42. The second kappa shape index (κ2) is 11.9. The molecule has 1 atom stereocenters. The average molecular weight is 559 g/mol. The minimum Gasteiger partial charge on any atom is -0.354 e. The number of aryl methyl sites for hydroxylation is 1. The number of halogens is 2. The summed E-state index contributed by atoms with van der Waals surface area (Å²) in [5, 5.41) is 3.16. The zero-order valence-electron chi connectivity index (χ0n) is 19.1. The van der Waals surface area contributed by atoms with Gasteiger partial charge in [0, 0.05) is 22.6 Å². The minimum atomic E-state index is -3.81. The summed E-state index contributed by atoms with van der Waals surface area (Å²) in [6, 6.07) is 11.5. The maximum Gasteiger partial charge on any atom is 0.244 e. The number of sulfonamides is 1. The van der Waals surface area contributed by atoms with Crippen LogP contribution in [0, 0.1) is 6.92 Å². The number of nitrogens with zero attached hydrogens (tertiary/aromatic N) is 2. The number of hydrogen-bond acceptors (Lipinski definition) is 4. The Labute approximate surface area is 209 Å². The molecular formula is C23H29BrClN3O4S. The zero-order chi connectivity index (χ0) is 24.8. The van der Waals surface area contributed by atoms with E-state index >= 15 is 0 Å². The molecule has 180 valence electrons. The van der Waals surface area contributed by atoms with E-state index in [-0.39, 0.29) is 12.5 Å². The highest BCUT2D eigenvalue weighted by molar-refractivity contribution is 9.10. The smallest absolute Gasteiger partial charge is 0.244 e. The molecule has 0 unspecified atom stereocenters. The fraction of sp³-hybridized carbons (Fsp3) is 0.391. The Morgan fingerprint density at radius 1 is 1.18 bits per heavy atom. The first kappa shape index (κ1) is 27.1. The Morgan fingerprint density at radius 2 is 1.88 bits per heavy atom. The van der Waals surface area contributed by atoms with Gasteiger partial charge >= 0.3 is 0 Å². The topological polar surface area (TPSA) is 86.8 Å². The molecule has 2 amide bonds. The molecule has 0 spiro atoms. The number of rotatable bonds is 10. The van der Waals surface area contributed by atoms with Crippen molar-refractivity contribution < 1.29 is 18.0 Å². The van der Waals surface area contributed by atoms with Crippen LogP contribution in [0.3, 0.4) is 0 Å². The lowest BCUT2D eigenvalue weighted by Gasteiger charge is -2.32. The number of hydrogen-bond donors (Lipinski definition) is 1. The van der Waals surface area contributed by atoms with Crippen molar-refractivity contribution in [1.29, 1.82) is 0 Å². The summed E-state index contributed by atoms with van der Waals surface area (Å²) in [4.78, 5) is 27.6. The van der Waals surface area contributed by atoms with Gasteiger partial charge in [0.25, 0.3) is 0 Å². The van der Waals surface area contributed by atoms with E-state index in [1.165, 1.54) is 11.0 Å². The van der Waals surface area contributed by atoms with E-state index < -0.39 is 28.5 Å². The van der Waals surface area contributed by atoms with Gasteiger partial charge in [0.05, 0.1) is 11.9 Å². The van der Waals surface area contributed by atoms with Gasteiger partial charge in [-0.05, 0) is 55.7 Å². The Hall–Kier alpha value is -2.10. The molecule has 0 aromatic heterocycles. The fourth-order valence-electron chi connectivity index (χ4n) is 3.26. The standard InChI is InChI=1S/C23H29BrClN3O4S/c1-5-11-26-23(30)17(3)27(14-18-7-6-8-19(24)12-18)22(29)15-28(33(4,31)32)21-13-20(25)10-9-16(21)2/h6-10,12-13,17H,5,11,14-15H2,1-4H3,(H,26,30)/t17-/m0/s1. The molecule has 2 rings (SSSR count). The Morgan fingerprint density at radius 3 is 2.48 bits per heavy atom. The summed E-state index contributed by atoms with van der Waals surface area (Å²) >= 11 is 9.52. The van der Waals surface area contributed by atoms with Crippen LogP contribution in [0.25, 0.3) is 0 Å². The number of benzene rings is 2. The molecule has 7 nitrogen and oxygen atoms in total. The second-order valence-corrected chi connectivity index (χ2v) is 11.1. The quantitative estimate of drug-likeness (QED) is 0.475. The van der Waals surface area contributed by atoms with Crippen LogP contribution in [0.15, 0.2) is 46.9 Å². The lowest BCUT2D eigenvalue weighted by Crippen LogP contribution is -2.51. The number of amides is 2. The van der Waals surface area contributed by atoms with Gasteiger partial charge in [0.15, 0.2) is 0 Å². The van der Waals surface area contributed by atoms with Crippen LogP contribution in [0.4, 0.5) is 5.69 Å². The first-order chi connectivity index (χ1) is 15.4. The normalized spacial score (nSPS) is 12.2. The van der Waals surface area contributed by atoms with E-state index in [0.717, 1.165) is 27.0 Å². The summed E-state index contributed by atoms with van der Waals surface area (Å²) in [7, 11) is -3.81. The van der Waals surface area contributed by atoms with Crippen LogP contribution in [0.1, 0.15) is 31.4 Å². The first-order valence-electron chi connectivity index (χ1n) is 10.5. The van der Waals surface area contributed by atoms with Gasteiger partial charge in [-0.3, -0.25) is 13.9 Å². The van der Waals surface area contributed by atoms with E-state index in [0.29, 0.717) is 22.8 Å². The molecule has 0 fully saturated rings. The molecule has 0 radical (unpaired) electrons. The molecule has 0 saturated heterocycles. The van der Waals surface area contributed by atoms with Gasteiger partial charge < -0.3 is 10.2 Å². The average Bonchev–Trinajstić information content (AvgIpc) is 2.74. The van der Waals surface area contributed by atoms with Gasteiger partial charge in [-0.15, -0.1) is 0 Å². The lowest BCUT2D eigenvalue weighted by molar-refractivity contribution is -0.139. The molecule has 0 aliphatic carbocycles. The summed E-state index contributed by atoms with van der Waals surface area (Å²) in [6.07, 6.45) is 1.80. The zero-order valence-corrected chi connectivity index (χ0v) is 22.3. The molecule has 0 aliphatic heterocycles. The van der Waals surface area contributed by atoms with Crippen molar-refractivity contribution in [3.05, 3.63) is 63.1 Å². The molecule has 2 aromatic rings. The van der Waals surface area contributed by atoms with E-state index in [2.05, 4.69) is 21.2 Å². The minimum absolute atomic E-state index is 0.144. The van der Waals surface area contributed by atoms with Crippen molar-refractivity contribution in [2.24, 2.45) is 0 Å². The van der Waals surface area contributed by atoms with Crippen molar-refractivity contribution in [3.63, 3.8) is 0 Å². The molecular weight excluding hydrogens is 530 g/mol. The van der Waals surface area contributed by atoms with Gasteiger partial charge in [-0.2, -0.15) is 0 Å². The van der Waals surface area contributed by atoms with Crippen LogP contribution in [-0.4, -0.2) is 50.5 Å². The summed E-state index contributed by atoms with van der Waals surface area (Å²) < 4.78 is 27.1. The van der Waals surface area contributed by atoms with Crippen LogP contribution >= 0.6 is 27.5 Å². The lowest BCUT2D eigenvalue weighted by atomic mass is 10.1. The summed E-state index contributed by atoms with van der Waals surface area (Å²) in [5.41, 5.74) is 1.78. The maximum absolute atomic E-state index is 13.5. The third-order valence-corrected chi connectivity index (χ3v) is 6.93. The highest BCUT2D eigenvalue weighted by Crippen LogP contribution is 2.27. The third kappa shape index (κ3) is 7.72. The largest absolute Gasteiger partial charge is 0.354 e. The fourth-order valence-corrected chi connectivity index (χ4v) is 4.77. The van der Waals surface area contributed by atoms with E-state index in [4.69, 9.17) is 11.6 Å². The first-order valence-corrected chi connectivity index (χ1v) is 13.5. The number of carbonyl (C=O) groups is 2. The molecule has 0 aliphatic rings. The van der Waals surface area contributed by atoms with E-state index in [1.807, 2.05) is 31.2 Å². The molecule has 0 heterocycles. The van der Waals surface area contributed by atoms with Crippen molar-refractivity contribution in [1.82, 2.24) is 10.2 Å². The molecule has 1 N–H and O–H groups in total. The van der Waals surface area contributed by atoms with Crippen molar-refractivity contribution in [2.75, 3.05) is 23.7 Å². The number of carbonyl (C=O) groups excluding carboxylic acids is 2. The number of anilines is 1. The van der Waals surface area contributed by atoms with E-state index in [1.54, 1.807) is 26.0 Å². The molecule has 0 saturated carbocycles. The molecule has 10 heteroatoms. The van der Waals surface area contributed by atoms with Gasteiger partial charge in [-0.1, -0.05) is 52.7 Å². The predicted octanol–water partition coefficient (Wildman–Crippen LogP) is 4.12. The van der Waals surface area contributed by atoms with Crippen LogP contribution in [0.5, 0.6) is 0 Å². The van der Waals surface area contributed by atoms with Crippen LogP contribution in [-0.2, 0) is 26.2 Å². The highest BCUT2D eigenvalue weighted by atomic mass is 79.9. The molecule has 2 aromatic carbocycles. The Kier molecular flexibility index (Phi) is 9.75. The van der Waals surface area contributed by atoms with Gasteiger partial charge in [-0.25, -0.2) is 8.42 Å². The van der Waals surface area contributed by atoms with Gasteiger partial charge in [0.1, 0.15) is 12.6 Å². The molecule has 0 bridgehead atoms. The predicted molar refractivity (Wildman–Crippen MR) is 136 cm³/mol. The van der Waals surface area contributed by atoms with Crippen molar-refractivity contribution in [3.8, 4) is 0 Å². The van der Waals surface area contributed by atoms with Gasteiger partial charge in [0.2, 0.25) is 21.8 Å². The highest BCUT2D eigenvalue weighted by Gasteiger charge is 2.30. The monoisotopic (exact) mass is 557 g/mol. The summed E-state index contributed by atoms with van der Waals surface area (Å²) in [5.74, 6) is -0.802. The second-order valence-electron chi connectivity index (χ2n) is 7.82. The van der Waals surface area contributed by atoms with Crippen LogP contribution in [0.2, 0.25) is 5.02 Å². The van der Waals surface area contributed by atoms with Crippen molar-refractivity contribution in [2.45, 2.75) is 39.8 Å². The molecule has 33 heavy (non-hydrogen) atoms. The number of nitrogens with one attached hydrogen (secondary N) is 1. The van der Waals surface area contributed by atoms with Crippen molar-refractivity contribution >= 4 is 55.1 Å². The third-order valence-electron chi connectivity index (χ3n) is 5.08. The maximum atomic E-state index is 13.5. The summed E-state index contributed by atoms with van der Waals surface area (Å²) in [6.45, 7) is 5.49. The SMILES string of the molecule is CCCNC(=O)[C@H](C)N(Cc1cccc(Br)c1)C(=O)CN(c1cc(Cl)ccc1C)S(C)(=O)=O. The van der Waals surface area contributed by atoms with Crippen LogP contribution < -0.4 is 9.62 Å².